The molecule has 98 valence electrons. The van der Waals surface area contributed by atoms with Crippen molar-refractivity contribution in [3.8, 4) is 0 Å². The molecule has 18 heavy (non-hydrogen) atoms. The third kappa shape index (κ3) is 2.61. The summed E-state index contributed by atoms with van der Waals surface area (Å²) in [6, 6.07) is 3.77. The van der Waals surface area contributed by atoms with Gasteiger partial charge in [-0.25, -0.2) is 4.98 Å². The molecule has 1 saturated heterocycles. The van der Waals surface area contributed by atoms with Crippen LogP contribution in [0.4, 0.5) is 11.5 Å². The Morgan fingerprint density at radius 2 is 2.28 bits per heavy atom. The summed E-state index contributed by atoms with van der Waals surface area (Å²) in [5, 5.41) is 6.15. The minimum absolute atomic E-state index is 0.0619. The van der Waals surface area contributed by atoms with Gasteiger partial charge in [0.05, 0.1) is 17.3 Å². The van der Waals surface area contributed by atoms with Gasteiger partial charge in [0.15, 0.2) is 0 Å². The fourth-order valence-electron chi connectivity index (χ4n) is 2.02. The molecule has 5 nitrogen and oxygen atoms in total. The van der Waals surface area contributed by atoms with Crippen molar-refractivity contribution in [3.05, 3.63) is 18.3 Å². The zero-order valence-corrected chi connectivity index (χ0v) is 11.2. The van der Waals surface area contributed by atoms with Crippen molar-refractivity contribution >= 4 is 17.4 Å². The molecule has 0 saturated carbocycles. The first-order chi connectivity index (χ1) is 8.51. The maximum absolute atomic E-state index is 12.2. The van der Waals surface area contributed by atoms with E-state index >= 15 is 0 Å². The van der Waals surface area contributed by atoms with Crippen molar-refractivity contribution in [2.45, 2.75) is 13.3 Å². The Labute approximate surface area is 108 Å². The third-order valence-electron chi connectivity index (χ3n) is 3.38. The van der Waals surface area contributed by atoms with Gasteiger partial charge in [-0.1, -0.05) is 0 Å². The van der Waals surface area contributed by atoms with Crippen LogP contribution in [-0.4, -0.2) is 38.1 Å². The molecule has 1 aromatic heterocycles. The van der Waals surface area contributed by atoms with Gasteiger partial charge < -0.3 is 15.5 Å². The Morgan fingerprint density at radius 3 is 2.78 bits per heavy atom. The molecule has 1 atom stereocenters. The van der Waals surface area contributed by atoms with E-state index in [0.29, 0.717) is 0 Å². The highest BCUT2D eigenvalue weighted by molar-refractivity contribution is 5.95. The van der Waals surface area contributed by atoms with Crippen LogP contribution in [-0.2, 0) is 4.79 Å². The maximum Gasteiger partial charge on any atom is 0.231 e. The predicted molar refractivity (Wildman–Crippen MR) is 72.8 cm³/mol. The van der Waals surface area contributed by atoms with Gasteiger partial charge in [0.2, 0.25) is 5.91 Å². The van der Waals surface area contributed by atoms with Crippen LogP contribution in [0.5, 0.6) is 0 Å². The molecule has 1 fully saturated rings. The molecule has 1 aliphatic rings. The van der Waals surface area contributed by atoms with E-state index in [1.54, 1.807) is 6.20 Å². The molecule has 2 N–H and O–H groups in total. The fraction of sp³-hybridized carbons (Fsp3) is 0.538. The highest BCUT2D eigenvalue weighted by atomic mass is 16.2. The molecular weight excluding hydrogens is 228 g/mol. The minimum Gasteiger partial charge on any atom is -0.363 e. The highest BCUT2D eigenvalue weighted by Crippen LogP contribution is 2.26. The SMILES string of the molecule is CN(C)c1ccc(NC(=O)C2(C)CCNC2)cn1. The summed E-state index contributed by atoms with van der Waals surface area (Å²) in [4.78, 5) is 18.4. The molecule has 0 bridgehead atoms. The van der Waals surface area contributed by atoms with E-state index in [1.165, 1.54) is 0 Å². The quantitative estimate of drug-likeness (QED) is 0.840. The summed E-state index contributed by atoms with van der Waals surface area (Å²) >= 11 is 0. The molecule has 1 amide bonds. The van der Waals surface area contributed by atoms with E-state index < -0.39 is 0 Å². The first-order valence-corrected chi connectivity index (χ1v) is 6.17. The van der Waals surface area contributed by atoms with Crippen LogP contribution in [0.1, 0.15) is 13.3 Å². The number of nitrogens with one attached hydrogen (secondary N) is 2. The van der Waals surface area contributed by atoms with Gasteiger partial charge in [-0.05, 0) is 32.0 Å². The second kappa shape index (κ2) is 4.94. The number of carbonyl (C=O) groups is 1. The average molecular weight is 248 g/mol. The molecule has 1 aromatic rings. The van der Waals surface area contributed by atoms with Gasteiger partial charge in [-0.3, -0.25) is 4.79 Å². The lowest BCUT2D eigenvalue weighted by Crippen LogP contribution is -2.35. The standard InChI is InChI=1S/C13H20N4O/c1-13(6-7-14-9-13)12(18)16-10-4-5-11(15-8-10)17(2)3/h4-5,8,14H,6-7,9H2,1-3H3,(H,16,18). The van der Waals surface area contributed by atoms with Crippen LogP contribution in [0.3, 0.4) is 0 Å². The van der Waals surface area contributed by atoms with Crippen LogP contribution < -0.4 is 15.5 Å². The average Bonchev–Trinajstić information content (AvgIpc) is 2.78. The van der Waals surface area contributed by atoms with E-state index in [-0.39, 0.29) is 11.3 Å². The smallest absolute Gasteiger partial charge is 0.231 e. The molecule has 2 heterocycles. The summed E-state index contributed by atoms with van der Waals surface area (Å²) in [5.41, 5.74) is 0.443. The molecule has 0 aromatic carbocycles. The predicted octanol–water partition coefficient (Wildman–Crippen LogP) is 1.09. The van der Waals surface area contributed by atoms with Crippen molar-refractivity contribution in [2.75, 3.05) is 37.4 Å². The van der Waals surface area contributed by atoms with Gasteiger partial charge in [0.1, 0.15) is 5.82 Å². The Hall–Kier alpha value is -1.62. The number of amides is 1. The number of pyridine rings is 1. The molecular formula is C13H20N4O. The van der Waals surface area contributed by atoms with Gasteiger partial charge in [-0.15, -0.1) is 0 Å². The second-order valence-electron chi connectivity index (χ2n) is 5.24. The van der Waals surface area contributed by atoms with Crippen molar-refractivity contribution in [2.24, 2.45) is 5.41 Å². The van der Waals surface area contributed by atoms with E-state index in [4.69, 9.17) is 0 Å². The Morgan fingerprint density at radius 1 is 1.50 bits per heavy atom. The lowest BCUT2D eigenvalue weighted by atomic mass is 9.89. The van der Waals surface area contributed by atoms with Crippen LogP contribution in [0, 0.1) is 5.41 Å². The Balaban J connectivity index is 2.03. The van der Waals surface area contributed by atoms with Crippen molar-refractivity contribution < 1.29 is 4.79 Å². The van der Waals surface area contributed by atoms with Crippen LogP contribution in [0.15, 0.2) is 18.3 Å². The monoisotopic (exact) mass is 248 g/mol. The molecule has 0 aliphatic carbocycles. The number of anilines is 2. The van der Waals surface area contributed by atoms with Gasteiger partial charge in [-0.2, -0.15) is 0 Å². The lowest BCUT2D eigenvalue weighted by Gasteiger charge is -2.21. The van der Waals surface area contributed by atoms with Crippen molar-refractivity contribution in [1.29, 1.82) is 0 Å². The topological polar surface area (TPSA) is 57.3 Å². The number of hydrogen-bond acceptors (Lipinski definition) is 4. The molecule has 5 heteroatoms. The lowest BCUT2D eigenvalue weighted by molar-refractivity contribution is -0.123. The van der Waals surface area contributed by atoms with Crippen molar-refractivity contribution in [3.63, 3.8) is 0 Å². The van der Waals surface area contributed by atoms with Crippen LogP contribution in [0.2, 0.25) is 0 Å². The summed E-state index contributed by atoms with van der Waals surface area (Å²) < 4.78 is 0. The third-order valence-corrected chi connectivity index (χ3v) is 3.38. The molecule has 1 unspecified atom stereocenters. The first-order valence-electron chi connectivity index (χ1n) is 6.17. The summed E-state index contributed by atoms with van der Waals surface area (Å²) in [7, 11) is 3.87. The van der Waals surface area contributed by atoms with Gasteiger partial charge >= 0.3 is 0 Å². The first kappa shape index (κ1) is 12.8. The Kier molecular flexibility index (Phi) is 3.52. The Bertz CT molecular complexity index is 421. The number of nitrogens with zero attached hydrogens (tertiary/aromatic N) is 2. The largest absolute Gasteiger partial charge is 0.363 e. The number of aromatic nitrogens is 1. The summed E-state index contributed by atoms with van der Waals surface area (Å²) in [5.74, 6) is 0.939. The normalized spacial score (nSPS) is 22.8. The van der Waals surface area contributed by atoms with Crippen LogP contribution >= 0.6 is 0 Å². The van der Waals surface area contributed by atoms with E-state index in [1.807, 2.05) is 38.1 Å². The summed E-state index contributed by atoms with van der Waals surface area (Å²) in [6.07, 6.45) is 2.57. The van der Waals surface area contributed by atoms with E-state index in [0.717, 1.165) is 31.0 Å². The number of carbonyl (C=O) groups excluding carboxylic acids is 1. The number of hydrogen-bond donors (Lipinski definition) is 2. The minimum atomic E-state index is -0.305. The molecule has 2 rings (SSSR count). The fourth-order valence-corrected chi connectivity index (χ4v) is 2.02. The maximum atomic E-state index is 12.2. The number of rotatable bonds is 3. The zero-order chi connectivity index (χ0) is 13.2. The van der Waals surface area contributed by atoms with Crippen LogP contribution in [0.25, 0.3) is 0 Å². The molecule has 0 radical (unpaired) electrons. The van der Waals surface area contributed by atoms with Gasteiger partial charge in [0, 0.05) is 20.6 Å². The highest BCUT2D eigenvalue weighted by Gasteiger charge is 2.36. The van der Waals surface area contributed by atoms with E-state index in [9.17, 15) is 4.79 Å². The molecule has 1 aliphatic heterocycles. The van der Waals surface area contributed by atoms with Gasteiger partial charge in [0.25, 0.3) is 0 Å². The summed E-state index contributed by atoms with van der Waals surface area (Å²) in [6.45, 7) is 3.63. The van der Waals surface area contributed by atoms with E-state index in [2.05, 4.69) is 15.6 Å². The van der Waals surface area contributed by atoms with Crippen molar-refractivity contribution in [1.82, 2.24) is 10.3 Å². The second-order valence-corrected chi connectivity index (χ2v) is 5.24. The molecule has 0 spiro atoms. The zero-order valence-electron chi connectivity index (χ0n) is 11.2.